The zero-order chi connectivity index (χ0) is 27.6. The monoisotopic (exact) mass is 553 g/mol. The summed E-state index contributed by atoms with van der Waals surface area (Å²) in [5.74, 6) is 1.46. The number of rotatable bonds is 13. The Morgan fingerprint density at radius 2 is 1.50 bits per heavy atom. The third kappa shape index (κ3) is 8.88. The lowest BCUT2D eigenvalue weighted by molar-refractivity contribution is 0.0925. The van der Waals surface area contributed by atoms with Gasteiger partial charge in [0.25, 0.3) is 0 Å². The molecule has 2 fully saturated rings. The van der Waals surface area contributed by atoms with Crippen molar-refractivity contribution in [2.45, 2.75) is 107 Å². The van der Waals surface area contributed by atoms with Crippen LogP contribution in [0.1, 0.15) is 77.0 Å². The Hall–Kier alpha value is -2.23. The second-order valence-electron chi connectivity index (χ2n) is 11.6. The van der Waals surface area contributed by atoms with Gasteiger partial charge in [-0.15, -0.1) is 0 Å². The third-order valence-corrected chi connectivity index (χ3v) is 8.41. The maximum absolute atomic E-state index is 9.80. The van der Waals surface area contributed by atoms with Crippen LogP contribution >= 0.6 is 0 Å². The van der Waals surface area contributed by atoms with Crippen molar-refractivity contribution in [1.29, 1.82) is 0 Å². The Kier molecular flexibility index (Phi) is 11.1. The van der Waals surface area contributed by atoms with Gasteiger partial charge in [0.05, 0.1) is 24.9 Å². The molecule has 8 nitrogen and oxygen atoms in total. The van der Waals surface area contributed by atoms with Gasteiger partial charge in [-0.3, -0.25) is 0 Å². The summed E-state index contributed by atoms with van der Waals surface area (Å²) < 4.78 is 18.1. The third-order valence-electron chi connectivity index (χ3n) is 8.41. The van der Waals surface area contributed by atoms with Crippen molar-refractivity contribution in [1.82, 2.24) is 15.6 Å². The first-order valence-corrected chi connectivity index (χ1v) is 15.5. The zero-order valence-electron chi connectivity index (χ0n) is 23.7. The van der Waals surface area contributed by atoms with Gasteiger partial charge in [0.1, 0.15) is 11.1 Å². The van der Waals surface area contributed by atoms with Gasteiger partial charge in [0, 0.05) is 24.3 Å². The van der Waals surface area contributed by atoms with Crippen LogP contribution in [0, 0.1) is 0 Å². The van der Waals surface area contributed by atoms with Crippen molar-refractivity contribution in [2.75, 3.05) is 26.3 Å². The number of ether oxygens (including phenoxy) is 2. The smallest absolute Gasteiger partial charge is 0.227 e. The molecule has 0 bridgehead atoms. The fourth-order valence-electron chi connectivity index (χ4n) is 5.96. The first kappa shape index (κ1) is 29.3. The van der Waals surface area contributed by atoms with Gasteiger partial charge in [0.2, 0.25) is 5.89 Å². The summed E-state index contributed by atoms with van der Waals surface area (Å²) in [7, 11) is 0. The van der Waals surface area contributed by atoms with Crippen LogP contribution in [-0.4, -0.2) is 71.9 Å². The topological polar surface area (TPSA) is 109 Å². The van der Waals surface area contributed by atoms with E-state index in [4.69, 9.17) is 18.9 Å². The Balaban J connectivity index is 1.01. The molecule has 0 spiro atoms. The molecule has 0 saturated heterocycles. The maximum atomic E-state index is 9.80. The van der Waals surface area contributed by atoms with E-state index in [9.17, 15) is 10.2 Å². The molecule has 5 rings (SSSR count). The number of oxazole rings is 1. The molecule has 4 N–H and O–H groups in total. The van der Waals surface area contributed by atoms with Gasteiger partial charge in [-0.1, -0.05) is 6.08 Å². The number of nitrogens with one attached hydrogen (secondary N) is 2. The number of hydrogen-bond donors (Lipinski definition) is 4. The molecule has 1 aromatic carbocycles. The molecule has 2 saturated carbocycles. The molecule has 3 aliphatic rings. The van der Waals surface area contributed by atoms with E-state index in [1.165, 1.54) is 0 Å². The van der Waals surface area contributed by atoms with Crippen molar-refractivity contribution in [3.8, 4) is 17.2 Å². The van der Waals surface area contributed by atoms with Crippen LogP contribution in [0.5, 0.6) is 5.75 Å². The summed E-state index contributed by atoms with van der Waals surface area (Å²) in [5.41, 5.74) is 1.71. The minimum absolute atomic E-state index is 0.0116. The average Bonchev–Trinajstić information content (AvgIpc) is 3.29. The summed E-state index contributed by atoms with van der Waals surface area (Å²) >= 11 is 0. The second-order valence-corrected chi connectivity index (χ2v) is 11.6. The minimum atomic E-state index is -0.117. The average molecular weight is 554 g/mol. The van der Waals surface area contributed by atoms with E-state index in [0.29, 0.717) is 31.2 Å². The molecule has 0 aliphatic heterocycles. The van der Waals surface area contributed by atoms with Crippen molar-refractivity contribution < 1.29 is 24.1 Å². The standard InChI is InChI=1S/C32H47N3O5/c36-26-5-1-4-24(8-11-26)33-18-2-20-38-28-14-6-23(7-15-28)32-35-30-17-16-29(22-31(30)40-32)39-21-3-19-34-25-9-12-27(37)13-10-25/h6-7,14-15,17,22,24-27,29,33-34,36-37H,1-5,8-13,16,18-21H2/t24-,25?,26-,27?,29?/m0/s1. The maximum Gasteiger partial charge on any atom is 0.227 e. The van der Waals surface area contributed by atoms with Crippen LogP contribution in [0.4, 0.5) is 0 Å². The fraction of sp³-hybridized carbons (Fsp3) is 0.656. The van der Waals surface area contributed by atoms with Gasteiger partial charge in [-0.2, -0.15) is 0 Å². The zero-order valence-corrected chi connectivity index (χ0v) is 23.7. The molecule has 3 aliphatic carbocycles. The highest BCUT2D eigenvalue weighted by atomic mass is 16.5. The number of fused-ring (bicyclic) bond motifs is 1. The summed E-state index contributed by atoms with van der Waals surface area (Å²) in [4.78, 5) is 4.69. The van der Waals surface area contributed by atoms with Gasteiger partial charge >= 0.3 is 0 Å². The van der Waals surface area contributed by atoms with E-state index < -0.39 is 0 Å². The summed E-state index contributed by atoms with van der Waals surface area (Å²) in [5, 5.41) is 27.5. The van der Waals surface area contributed by atoms with E-state index in [1.54, 1.807) is 0 Å². The van der Waals surface area contributed by atoms with Crippen LogP contribution in [0.25, 0.3) is 23.6 Å². The fourth-order valence-corrected chi connectivity index (χ4v) is 5.96. The molecule has 1 heterocycles. The Morgan fingerprint density at radius 3 is 2.25 bits per heavy atom. The number of aliphatic hydroxyl groups excluding tert-OH is 2. The summed E-state index contributed by atoms with van der Waals surface area (Å²) in [6, 6.07) is 8.99. The molecule has 2 aromatic rings. The predicted molar refractivity (Wildman–Crippen MR) is 156 cm³/mol. The first-order chi connectivity index (χ1) is 19.6. The van der Waals surface area contributed by atoms with Crippen LogP contribution in [0.2, 0.25) is 0 Å². The SMILES string of the molecule is OC1CCC(NCCCOC2C=c3oc(-c4ccc(OCCCN[C@H]5CCC[C@H](O)CC5)cc4)nc3=CC2)CC1. The van der Waals surface area contributed by atoms with E-state index in [-0.39, 0.29) is 18.3 Å². The number of aliphatic hydroxyl groups is 2. The predicted octanol–water partition coefficient (Wildman–Crippen LogP) is 3.03. The first-order valence-electron chi connectivity index (χ1n) is 15.5. The molecular formula is C32H47N3O5. The second kappa shape index (κ2) is 15.1. The molecular weight excluding hydrogens is 506 g/mol. The molecule has 0 amide bonds. The van der Waals surface area contributed by atoms with Crippen LogP contribution in [0.3, 0.4) is 0 Å². The van der Waals surface area contributed by atoms with E-state index >= 15 is 0 Å². The van der Waals surface area contributed by atoms with Crippen molar-refractivity contribution in [3.05, 3.63) is 35.0 Å². The Labute approximate surface area is 237 Å². The highest BCUT2D eigenvalue weighted by molar-refractivity contribution is 5.55. The van der Waals surface area contributed by atoms with Crippen molar-refractivity contribution in [3.63, 3.8) is 0 Å². The van der Waals surface area contributed by atoms with E-state index in [2.05, 4.69) is 16.7 Å². The molecule has 1 aromatic heterocycles. The Morgan fingerprint density at radius 1 is 0.825 bits per heavy atom. The van der Waals surface area contributed by atoms with E-state index in [1.807, 2.05) is 30.3 Å². The lowest BCUT2D eigenvalue weighted by atomic mass is 9.93. The number of aromatic nitrogens is 1. The number of hydrogen-bond acceptors (Lipinski definition) is 8. The molecule has 0 radical (unpaired) electrons. The number of nitrogens with zero attached hydrogens (tertiary/aromatic N) is 1. The quantitative estimate of drug-likeness (QED) is 0.222. The minimum Gasteiger partial charge on any atom is -0.494 e. The highest BCUT2D eigenvalue weighted by Gasteiger charge is 2.19. The molecule has 220 valence electrons. The van der Waals surface area contributed by atoms with E-state index in [0.717, 1.165) is 112 Å². The highest BCUT2D eigenvalue weighted by Crippen LogP contribution is 2.21. The Bertz CT molecular complexity index is 1140. The lowest BCUT2D eigenvalue weighted by Crippen LogP contribution is -2.35. The van der Waals surface area contributed by atoms with Crippen LogP contribution < -0.4 is 26.1 Å². The van der Waals surface area contributed by atoms with Gasteiger partial charge in [-0.25, -0.2) is 4.98 Å². The number of benzene rings is 1. The van der Waals surface area contributed by atoms with Crippen molar-refractivity contribution >= 4 is 12.2 Å². The summed E-state index contributed by atoms with van der Waals surface area (Å²) in [6.45, 7) is 3.25. The van der Waals surface area contributed by atoms with Crippen LogP contribution in [0.15, 0.2) is 28.7 Å². The van der Waals surface area contributed by atoms with Gasteiger partial charge in [0.15, 0.2) is 5.42 Å². The summed E-state index contributed by atoms with van der Waals surface area (Å²) in [6.07, 6.45) is 15.7. The molecule has 8 heteroatoms. The normalized spacial score (nSPS) is 26.8. The van der Waals surface area contributed by atoms with Gasteiger partial charge < -0.3 is 34.7 Å². The van der Waals surface area contributed by atoms with Crippen LogP contribution in [-0.2, 0) is 4.74 Å². The van der Waals surface area contributed by atoms with Gasteiger partial charge in [-0.05, 0) is 120 Å². The molecule has 40 heavy (non-hydrogen) atoms. The lowest BCUT2D eigenvalue weighted by Gasteiger charge is -2.26. The van der Waals surface area contributed by atoms with Crippen molar-refractivity contribution in [2.24, 2.45) is 0 Å². The largest absolute Gasteiger partial charge is 0.494 e. The molecule has 3 atom stereocenters. The molecule has 1 unspecified atom stereocenters.